The van der Waals surface area contributed by atoms with Crippen molar-refractivity contribution >= 4 is 23.6 Å². The molecule has 4 nitrogen and oxygen atoms in total. The zero-order valence-electron chi connectivity index (χ0n) is 10.8. The molecule has 0 spiro atoms. The van der Waals surface area contributed by atoms with Gasteiger partial charge in [-0.2, -0.15) is 11.8 Å². The summed E-state index contributed by atoms with van der Waals surface area (Å²) in [6.07, 6.45) is 1.97. The molecule has 0 aromatic heterocycles. The average Bonchev–Trinajstić information content (AvgIpc) is 2.41. The second-order valence-electron chi connectivity index (χ2n) is 4.14. The Labute approximate surface area is 117 Å². The molecule has 2 N–H and O–H groups in total. The number of hydrogen-bond donors (Lipinski definition) is 2. The Bertz CT molecular complexity index is 395. The van der Waals surface area contributed by atoms with Crippen LogP contribution in [0.5, 0.6) is 0 Å². The number of carbonyl (C=O) groups is 2. The summed E-state index contributed by atoms with van der Waals surface area (Å²) in [5.41, 5.74) is 1.27. The van der Waals surface area contributed by atoms with Crippen LogP contribution in [0.4, 0.5) is 0 Å². The Hall–Kier alpha value is -1.49. The molecule has 1 aromatic carbocycles. The van der Waals surface area contributed by atoms with Crippen LogP contribution in [-0.4, -0.2) is 35.0 Å². The summed E-state index contributed by atoms with van der Waals surface area (Å²) < 4.78 is 0. The van der Waals surface area contributed by atoms with Crippen molar-refractivity contribution in [3.8, 4) is 0 Å². The van der Waals surface area contributed by atoms with Gasteiger partial charge in [-0.1, -0.05) is 30.3 Å². The minimum atomic E-state index is -0.823. The van der Waals surface area contributed by atoms with E-state index in [1.54, 1.807) is 0 Å². The van der Waals surface area contributed by atoms with E-state index in [1.165, 1.54) is 17.3 Å². The standard InChI is InChI=1S/C14H19NO3S/c16-13(11-19-10-8-14(17)18)15-9-4-7-12-5-2-1-3-6-12/h1-3,5-6H,4,7-11H2,(H,15,16)(H,17,18). The summed E-state index contributed by atoms with van der Waals surface area (Å²) in [5.74, 6) is -0.0370. The second-order valence-corrected chi connectivity index (χ2v) is 5.24. The number of hydrogen-bond acceptors (Lipinski definition) is 3. The Balaban J connectivity index is 2.00. The lowest BCUT2D eigenvalue weighted by Crippen LogP contribution is -2.26. The number of carbonyl (C=O) groups excluding carboxylic acids is 1. The molecular formula is C14H19NO3S. The van der Waals surface area contributed by atoms with Crippen LogP contribution in [0.3, 0.4) is 0 Å². The van der Waals surface area contributed by atoms with E-state index < -0.39 is 5.97 Å². The summed E-state index contributed by atoms with van der Waals surface area (Å²) in [4.78, 5) is 21.7. The van der Waals surface area contributed by atoms with E-state index in [0.29, 0.717) is 18.1 Å². The molecule has 104 valence electrons. The fourth-order valence-electron chi connectivity index (χ4n) is 1.54. The highest BCUT2D eigenvalue weighted by Gasteiger charge is 2.02. The summed E-state index contributed by atoms with van der Waals surface area (Å²) >= 11 is 1.35. The van der Waals surface area contributed by atoms with Gasteiger partial charge in [-0.15, -0.1) is 0 Å². The fourth-order valence-corrected chi connectivity index (χ4v) is 2.29. The monoisotopic (exact) mass is 281 g/mol. The highest BCUT2D eigenvalue weighted by atomic mass is 32.2. The van der Waals surface area contributed by atoms with E-state index in [2.05, 4.69) is 17.4 Å². The first kappa shape index (κ1) is 15.6. The smallest absolute Gasteiger partial charge is 0.304 e. The third-order valence-corrected chi connectivity index (χ3v) is 3.46. The molecule has 0 radical (unpaired) electrons. The molecule has 1 amide bonds. The van der Waals surface area contributed by atoms with Crippen LogP contribution in [0.1, 0.15) is 18.4 Å². The Kier molecular flexibility index (Phi) is 7.74. The van der Waals surface area contributed by atoms with Gasteiger partial charge in [0, 0.05) is 12.3 Å². The molecule has 0 fully saturated rings. The van der Waals surface area contributed by atoms with Crippen molar-refractivity contribution in [1.82, 2.24) is 5.32 Å². The molecule has 0 aliphatic rings. The predicted molar refractivity (Wildman–Crippen MR) is 77.4 cm³/mol. The van der Waals surface area contributed by atoms with Crippen molar-refractivity contribution < 1.29 is 14.7 Å². The molecule has 0 aliphatic heterocycles. The lowest BCUT2D eigenvalue weighted by atomic mass is 10.1. The molecular weight excluding hydrogens is 262 g/mol. The van der Waals surface area contributed by atoms with Gasteiger partial charge in [-0.25, -0.2) is 0 Å². The Morgan fingerprint density at radius 2 is 1.95 bits per heavy atom. The Morgan fingerprint density at radius 1 is 1.21 bits per heavy atom. The van der Waals surface area contributed by atoms with E-state index in [9.17, 15) is 9.59 Å². The van der Waals surface area contributed by atoms with Gasteiger partial charge in [0.1, 0.15) is 0 Å². The van der Waals surface area contributed by atoms with E-state index >= 15 is 0 Å². The highest BCUT2D eigenvalue weighted by molar-refractivity contribution is 7.99. The molecule has 0 unspecified atom stereocenters. The van der Waals surface area contributed by atoms with Crippen molar-refractivity contribution in [2.45, 2.75) is 19.3 Å². The number of nitrogens with one attached hydrogen (secondary N) is 1. The van der Waals surface area contributed by atoms with Crippen molar-refractivity contribution in [3.05, 3.63) is 35.9 Å². The fraction of sp³-hybridized carbons (Fsp3) is 0.429. The largest absolute Gasteiger partial charge is 0.481 e. The van der Waals surface area contributed by atoms with Gasteiger partial charge in [0.15, 0.2) is 0 Å². The summed E-state index contributed by atoms with van der Waals surface area (Å²) in [5, 5.41) is 11.3. The van der Waals surface area contributed by atoms with Crippen LogP contribution in [-0.2, 0) is 16.0 Å². The van der Waals surface area contributed by atoms with Gasteiger partial charge in [0.2, 0.25) is 5.91 Å². The molecule has 0 saturated heterocycles. The van der Waals surface area contributed by atoms with Crippen LogP contribution in [0, 0.1) is 0 Å². The van der Waals surface area contributed by atoms with Crippen LogP contribution in [0.2, 0.25) is 0 Å². The van der Waals surface area contributed by atoms with Crippen molar-refractivity contribution in [1.29, 1.82) is 0 Å². The number of carboxylic acid groups (broad SMARTS) is 1. The number of carboxylic acids is 1. The zero-order chi connectivity index (χ0) is 13.9. The molecule has 0 aliphatic carbocycles. The maximum absolute atomic E-state index is 11.4. The van der Waals surface area contributed by atoms with E-state index in [4.69, 9.17) is 5.11 Å². The number of thioether (sulfide) groups is 1. The van der Waals surface area contributed by atoms with Gasteiger partial charge in [-0.3, -0.25) is 9.59 Å². The van der Waals surface area contributed by atoms with Crippen LogP contribution >= 0.6 is 11.8 Å². The molecule has 0 atom stereocenters. The van der Waals surface area contributed by atoms with Gasteiger partial charge in [-0.05, 0) is 18.4 Å². The van der Waals surface area contributed by atoms with Crippen molar-refractivity contribution in [2.75, 3.05) is 18.1 Å². The number of rotatable bonds is 9. The number of aliphatic carboxylic acids is 1. The minimum Gasteiger partial charge on any atom is -0.481 e. The summed E-state index contributed by atoms with van der Waals surface area (Å²) in [6.45, 7) is 0.660. The summed E-state index contributed by atoms with van der Waals surface area (Å²) in [7, 11) is 0. The van der Waals surface area contributed by atoms with E-state index in [-0.39, 0.29) is 12.3 Å². The third-order valence-electron chi connectivity index (χ3n) is 2.50. The number of aryl methyl sites for hydroxylation is 1. The molecule has 1 aromatic rings. The van der Waals surface area contributed by atoms with Crippen LogP contribution < -0.4 is 5.32 Å². The first-order valence-electron chi connectivity index (χ1n) is 6.28. The molecule has 0 bridgehead atoms. The van der Waals surface area contributed by atoms with Crippen LogP contribution in [0.25, 0.3) is 0 Å². The van der Waals surface area contributed by atoms with Crippen molar-refractivity contribution in [2.24, 2.45) is 0 Å². The normalized spacial score (nSPS) is 10.1. The van der Waals surface area contributed by atoms with E-state index in [0.717, 1.165) is 12.8 Å². The highest BCUT2D eigenvalue weighted by Crippen LogP contribution is 2.03. The van der Waals surface area contributed by atoms with Gasteiger partial charge in [0.05, 0.1) is 12.2 Å². The van der Waals surface area contributed by atoms with Gasteiger partial charge >= 0.3 is 5.97 Å². The van der Waals surface area contributed by atoms with Gasteiger partial charge in [0.25, 0.3) is 0 Å². The lowest BCUT2D eigenvalue weighted by Gasteiger charge is -2.05. The maximum atomic E-state index is 11.4. The molecule has 0 heterocycles. The number of benzene rings is 1. The van der Waals surface area contributed by atoms with Gasteiger partial charge < -0.3 is 10.4 Å². The lowest BCUT2D eigenvalue weighted by molar-refractivity contribution is -0.136. The first-order chi connectivity index (χ1) is 9.18. The molecule has 0 saturated carbocycles. The van der Waals surface area contributed by atoms with Crippen LogP contribution in [0.15, 0.2) is 30.3 Å². The van der Waals surface area contributed by atoms with E-state index in [1.807, 2.05) is 18.2 Å². The quantitative estimate of drug-likeness (QED) is 0.679. The molecule has 5 heteroatoms. The average molecular weight is 281 g/mol. The molecule has 19 heavy (non-hydrogen) atoms. The molecule has 1 rings (SSSR count). The second kappa shape index (κ2) is 9.44. The third kappa shape index (κ3) is 8.26. The summed E-state index contributed by atoms with van der Waals surface area (Å²) in [6, 6.07) is 10.1. The topological polar surface area (TPSA) is 66.4 Å². The Morgan fingerprint density at radius 3 is 2.63 bits per heavy atom. The number of amides is 1. The maximum Gasteiger partial charge on any atom is 0.304 e. The zero-order valence-corrected chi connectivity index (χ0v) is 11.6. The van der Waals surface area contributed by atoms with Crippen molar-refractivity contribution in [3.63, 3.8) is 0 Å². The first-order valence-corrected chi connectivity index (χ1v) is 7.44. The minimum absolute atomic E-state index is 0.0246. The SMILES string of the molecule is O=C(O)CCSCC(=O)NCCCc1ccccc1. The predicted octanol–water partition coefficient (Wildman–Crippen LogP) is 1.94.